The molecule has 0 radical (unpaired) electrons. The van der Waals surface area contributed by atoms with Crippen LogP contribution in [0.15, 0.2) is 16.8 Å². The van der Waals surface area contributed by atoms with Crippen molar-refractivity contribution in [3.63, 3.8) is 0 Å². The number of carboxylic acids is 1. The van der Waals surface area contributed by atoms with Gasteiger partial charge in [-0.25, -0.2) is 0 Å². The number of aliphatic carboxylic acids is 1. The van der Waals surface area contributed by atoms with Gasteiger partial charge >= 0.3 is 5.97 Å². The van der Waals surface area contributed by atoms with Crippen LogP contribution >= 0.6 is 27.3 Å². The van der Waals surface area contributed by atoms with E-state index < -0.39 is 10.3 Å². The summed E-state index contributed by atoms with van der Waals surface area (Å²) in [6, 6.07) is 1.94. The van der Waals surface area contributed by atoms with Crippen LogP contribution in [0.3, 0.4) is 0 Å². The van der Waals surface area contributed by atoms with E-state index in [1.165, 1.54) is 0 Å². The molecule has 1 atom stereocenters. The number of thiophene rings is 1. The third-order valence-corrected chi connectivity index (χ3v) is 2.91. The molecule has 0 aliphatic carbocycles. The Kier molecular flexibility index (Phi) is 2.90. The molecule has 1 unspecified atom stereocenters. The smallest absolute Gasteiger partial charge is 0.320 e. The lowest BCUT2D eigenvalue weighted by molar-refractivity contribution is -0.139. The van der Waals surface area contributed by atoms with Gasteiger partial charge in [-0.15, -0.1) is 0 Å². The number of carboxylic acid groups (broad SMARTS) is 1. The fraction of sp³-hybridized carbons (Fsp3) is 0.375. The second-order valence-electron chi connectivity index (χ2n) is 2.81. The zero-order chi connectivity index (χ0) is 9.19. The topological polar surface area (TPSA) is 37.3 Å². The van der Waals surface area contributed by atoms with E-state index in [9.17, 15) is 4.79 Å². The normalized spacial score (nSPS) is 15.5. The first-order chi connectivity index (χ1) is 5.52. The van der Waals surface area contributed by atoms with Gasteiger partial charge in [0.05, 0.1) is 0 Å². The Bertz CT molecular complexity index is 267. The van der Waals surface area contributed by atoms with Gasteiger partial charge < -0.3 is 5.11 Å². The molecule has 0 amide bonds. The second kappa shape index (κ2) is 3.58. The summed E-state index contributed by atoms with van der Waals surface area (Å²) in [5, 5.41) is 12.7. The van der Waals surface area contributed by atoms with E-state index in [-0.39, 0.29) is 0 Å². The van der Waals surface area contributed by atoms with Gasteiger partial charge in [-0.3, -0.25) is 4.79 Å². The van der Waals surface area contributed by atoms with Crippen molar-refractivity contribution in [1.29, 1.82) is 0 Å². The highest BCUT2D eigenvalue weighted by Crippen LogP contribution is 2.24. The van der Waals surface area contributed by atoms with Crippen molar-refractivity contribution in [3.8, 4) is 0 Å². The highest BCUT2D eigenvalue weighted by atomic mass is 79.9. The molecule has 0 spiro atoms. The largest absolute Gasteiger partial charge is 0.480 e. The monoisotopic (exact) mass is 248 g/mol. The molecule has 1 heterocycles. The average molecular weight is 249 g/mol. The Morgan fingerprint density at radius 1 is 1.83 bits per heavy atom. The van der Waals surface area contributed by atoms with E-state index in [1.807, 2.05) is 16.8 Å². The number of rotatable bonds is 3. The van der Waals surface area contributed by atoms with Gasteiger partial charge in [-0.1, -0.05) is 15.9 Å². The fourth-order valence-electron chi connectivity index (χ4n) is 0.852. The van der Waals surface area contributed by atoms with Gasteiger partial charge in [0.2, 0.25) is 0 Å². The third kappa shape index (κ3) is 2.32. The lowest BCUT2D eigenvalue weighted by atomic mass is 10.0. The predicted molar refractivity (Wildman–Crippen MR) is 53.0 cm³/mol. The van der Waals surface area contributed by atoms with Crippen LogP contribution in [0.2, 0.25) is 0 Å². The summed E-state index contributed by atoms with van der Waals surface area (Å²) < 4.78 is -0.839. The highest BCUT2D eigenvalue weighted by molar-refractivity contribution is 9.10. The number of hydrogen-bond donors (Lipinski definition) is 1. The first-order valence-corrected chi connectivity index (χ1v) is 5.19. The summed E-state index contributed by atoms with van der Waals surface area (Å²) in [7, 11) is 0. The maximum absolute atomic E-state index is 10.7. The zero-order valence-electron chi connectivity index (χ0n) is 6.58. The Morgan fingerprint density at radius 3 is 2.92 bits per heavy atom. The first-order valence-electron chi connectivity index (χ1n) is 3.46. The van der Waals surface area contributed by atoms with E-state index in [2.05, 4.69) is 15.9 Å². The summed E-state index contributed by atoms with van der Waals surface area (Å²) in [5.41, 5.74) is 1.06. The van der Waals surface area contributed by atoms with Gasteiger partial charge in [-0.05, 0) is 35.7 Å². The maximum Gasteiger partial charge on any atom is 0.320 e. The lowest BCUT2D eigenvalue weighted by Crippen LogP contribution is -2.30. The minimum Gasteiger partial charge on any atom is -0.480 e. The van der Waals surface area contributed by atoms with Gasteiger partial charge in [0.15, 0.2) is 0 Å². The lowest BCUT2D eigenvalue weighted by Gasteiger charge is -2.15. The van der Waals surface area contributed by atoms with Crippen molar-refractivity contribution in [2.24, 2.45) is 0 Å². The van der Waals surface area contributed by atoms with E-state index in [1.54, 1.807) is 18.3 Å². The molecule has 12 heavy (non-hydrogen) atoms. The molecule has 1 N–H and O–H groups in total. The number of carbonyl (C=O) groups is 1. The van der Waals surface area contributed by atoms with E-state index in [4.69, 9.17) is 5.11 Å². The van der Waals surface area contributed by atoms with Gasteiger partial charge in [0.1, 0.15) is 4.32 Å². The fourth-order valence-corrected chi connectivity index (χ4v) is 1.84. The number of hydrogen-bond acceptors (Lipinski definition) is 2. The summed E-state index contributed by atoms with van der Waals surface area (Å²) >= 11 is 4.75. The molecule has 0 aromatic carbocycles. The molecule has 1 rings (SSSR count). The standard InChI is InChI=1S/C8H9BrO2S/c1-8(9,7(10)11)4-6-2-3-12-5-6/h2-3,5H,4H2,1H3,(H,10,11). The van der Waals surface area contributed by atoms with E-state index in [0.717, 1.165) is 5.56 Å². The molecular weight excluding hydrogens is 240 g/mol. The third-order valence-electron chi connectivity index (χ3n) is 1.56. The van der Waals surface area contributed by atoms with Gasteiger partial charge in [0, 0.05) is 0 Å². The van der Waals surface area contributed by atoms with Crippen molar-refractivity contribution in [2.75, 3.05) is 0 Å². The molecule has 2 nitrogen and oxygen atoms in total. The Labute approximate surface area is 83.4 Å². The molecule has 0 saturated heterocycles. The molecule has 0 saturated carbocycles. The van der Waals surface area contributed by atoms with Gasteiger partial charge in [0.25, 0.3) is 0 Å². The Morgan fingerprint density at radius 2 is 2.50 bits per heavy atom. The van der Waals surface area contributed by atoms with Crippen LogP contribution in [0.4, 0.5) is 0 Å². The summed E-state index contributed by atoms with van der Waals surface area (Å²) in [6.07, 6.45) is 0.520. The maximum atomic E-state index is 10.7. The van der Waals surface area contributed by atoms with Crippen molar-refractivity contribution >= 4 is 33.2 Å². The SMILES string of the molecule is CC(Br)(Cc1ccsc1)C(=O)O. The van der Waals surface area contributed by atoms with Crippen LogP contribution in [0.5, 0.6) is 0 Å². The molecular formula is C8H9BrO2S. The van der Waals surface area contributed by atoms with E-state index >= 15 is 0 Å². The van der Waals surface area contributed by atoms with Crippen molar-refractivity contribution in [2.45, 2.75) is 17.7 Å². The molecule has 1 aromatic heterocycles. The summed E-state index contributed by atoms with van der Waals surface area (Å²) in [5.74, 6) is -0.825. The van der Waals surface area contributed by atoms with Crippen LogP contribution in [-0.2, 0) is 11.2 Å². The van der Waals surface area contributed by atoms with Crippen LogP contribution < -0.4 is 0 Å². The molecule has 0 aliphatic heterocycles. The average Bonchev–Trinajstić information content (AvgIpc) is 2.38. The van der Waals surface area contributed by atoms with Crippen molar-refractivity contribution in [3.05, 3.63) is 22.4 Å². The van der Waals surface area contributed by atoms with Crippen LogP contribution in [-0.4, -0.2) is 15.4 Å². The molecule has 0 bridgehead atoms. The Balaban J connectivity index is 2.69. The van der Waals surface area contributed by atoms with Crippen LogP contribution in [0, 0.1) is 0 Å². The molecule has 66 valence electrons. The predicted octanol–water partition coefficient (Wildman–Crippen LogP) is 2.53. The molecule has 4 heteroatoms. The first kappa shape index (κ1) is 9.74. The summed E-state index contributed by atoms with van der Waals surface area (Å²) in [6.45, 7) is 1.66. The minimum atomic E-state index is -0.839. The zero-order valence-corrected chi connectivity index (χ0v) is 8.98. The number of halogens is 1. The van der Waals surface area contributed by atoms with Crippen LogP contribution in [0.1, 0.15) is 12.5 Å². The Hall–Kier alpha value is -0.350. The van der Waals surface area contributed by atoms with Crippen LogP contribution in [0.25, 0.3) is 0 Å². The van der Waals surface area contributed by atoms with Gasteiger partial charge in [-0.2, -0.15) is 11.3 Å². The summed E-state index contributed by atoms with van der Waals surface area (Å²) in [4.78, 5) is 10.7. The van der Waals surface area contributed by atoms with Crippen molar-refractivity contribution in [1.82, 2.24) is 0 Å². The van der Waals surface area contributed by atoms with Crippen molar-refractivity contribution < 1.29 is 9.90 Å². The molecule has 1 aromatic rings. The second-order valence-corrected chi connectivity index (χ2v) is 5.34. The van der Waals surface area contributed by atoms with E-state index in [0.29, 0.717) is 6.42 Å². The minimum absolute atomic E-state index is 0.520. The molecule has 0 aliphatic rings. The quantitative estimate of drug-likeness (QED) is 0.836. The number of alkyl halides is 1. The highest BCUT2D eigenvalue weighted by Gasteiger charge is 2.29. The molecule has 0 fully saturated rings.